The highest BCUT2D eigenvalue weighted by molar-refractivity contribution is 6.02. The summed E-state index contributed by atoms with van der Waals surface area (Å²) < 4.78 is 22.7. The Morgan fingerprint density at radius 1 is 0.824 bits per heavy atom. The van der Waals surface area contributed by atoms with Crippen LogP contribution in [0.5, 0.6) is 23.0 Å². The molecular formula is C26H18O8. The maximum atomic E-state index is 12.9. The van der Waals surface area contributed by atoms with Crippen LogP contribution < -0.4 is 14.2 Å². The molecular weight excluding hydrogens is 440 g/mol. The molecule has 1 atom stereocenters. The van der Waals surface area contributed by atoms with Crippen molar-refractivity contribution in [3.63, 3.8) is 0 Å². The van der Waals surface area contributed by atoms with E-state index in [9.17, 15) is 19.2 Å². The van der Waals surface area contributed by atoms with E-state index in [1.165, 1.54) is 32.9 Å². The minimum absolute atomic E-state index is 0.0195. The molecule has 2 heterocycles. The van der Waals surface area contributed by atoms with E-state index in [0.717, 1.165) is 0 Å². The van der Waals surface area contributed by atoms with Crippen LogP contribution in [0.1, 0.15) is 58.2 Å². The van der Waals surface area contributed by atoms with Gasteiger partial charge in [-0.2, -0.15) is 0 Å². The number of carbonyl (C=O) groups excluding carboxylic acids is 4. The summed E-state index contributed by atoms with van der Waals surface area (Å²) in [5.41, 5.74) is 0.434. The summed E-state index contributed by atoms with van der Waals surface area (Å²) in [6.45, 7) is 3.81. The Kier molecular flexibility index (Phi) is 4.75. The Morgan fingerprint density at radius 3 is 2.24 bits per heavy atom. The smallest absolute Gasteiger partial charge is 0.340 e. The Hall–Kier alpha value is -4.46. The van der Waals surface area contributed by atoms with Gasteiger partial charge in [0.05, 0.1) is 5.56 Å². The van der Waals surface area contributed by atoms with Crippen molar-refractivity contribution in [3.8, 4) is 23.0 Å². The van der Waals surface area contributed by atoms with Crippen LogP contribution in [0.3, 0.4) is 0 Å². The van der Waals surface area contributed by atoms with E-state index in [1.807, 2.05) is 0 Å². The highest BCUT2D eigenvalue weighted by Gasteiger charge is 2.54. The van der Waals surface area contributed by atoms with Crippen molar-refractivity contribution in [2.24, 2.45) is 0 Å². The van der Waals surface area contributed by atoms with Crippen molar-refractivity contribution in [2.75, 3.05) is 0 Å². The van der Waals surface area contributed by atoms with Crippen molar-refractivity contribution in [1.29, 1.82) is 0 Å². The van der Waals surface area contributed by atoms with Gasteiger partial charge in [-0.3, -0.25) is 14.4 Å². The quantitative estimate of drug-likeness (QED) is 0.325. The first-order valence-corrected chi connectivity index (χ1v) is 10.4. The van der Waals surface area contributed by atoms with E-state index >= 15 is 0 Å². The number of carbonyl (C=O) groups is 4. The number of benzene rings is 3. The average Bonchev–Trinajstić information content (AvgIpc) is 3.05. The Balaban J connectivity index is 1.85. The summed E-state index contributed by atoms with van der Waals surface area (Å²) in [7, 11) is 0. The molecule has 0 aromatic heterocycles. The van der Waals surface area contributed by atoms with Crippen LogP contribution in [0.4, 0.5) is 0 Å². The van der Waals surface area contributed by atoms with Gasteiger partial charge in [-0.25, -0.2) is 4.79 Å². The highest BCUT2D eigenvalue weighted by atomic mass is 16.6. The number of esters is 3. The first-order chi connectivity index (χ1) is 16.2. The Labute approximate surface area is 194 Å². The maximum absolute atomic E-state index is 12.9. The van der Waals surface area contributed by atoms with Gasteiger partial charge in [0, 0.05) is 36.6 Å². The minimum Gasteiger partial charge on any atom is -0.455 e. The van der Waals surface area contributed by atoms with Gasteiger partial charge in [0.15, 0.2) is 11.4 Å². The molecule has 3 aromatic carbocycles. The first-order valence-electron chi connectivity index (χ1n) is 10.4. The van der Waals surface area contributed by atoms with E-state index < -0.39 is 29.3 Å². The van der Waals surface area contributed by atoms with Gasteiger partial charge in [-0.15, -0.1) is 0 Å². The van der Waals surface area contributed by atoms with E-state index in [4.69, 9.17) is 18.9 Å². The Morgan fingerprint density at radius 2 is 1.53 bits per heavy atom. The third kappa shape index (κ3) is 3.07. The van der Waals surface area contributed by atoms with E-state index in [-0.39, 0.29) is 28.6 Å². The number of hydrogen-bond donors (Lipinski definition) is 0. The largest absolute Gasteiger partial charge is 0.455 e. The standard InChI is InChI=1S/C26H18O8/c1-13(27)23-21(32-15(3)29)11-10-20-24(23)33-22-12-16(31-14(2)28)8-9-19(22)26(20)18-7-5-4-6-17(18)25(30)34-26/h4-12H,1-3H3. The Bertz CT molecular complexity index is 1420. The SMILES string of the molecule is CC(=O)Oc1ccc2c(c1)Oc1c(ccc(OC(C)=O)c1C(C)=O)C21OC(=O)c2ccccc21. The van der Waals surface area contributed by atoms with Gasteiger partial charge < -0.3 is 18.9 Å². The van der Waals surface area contributed by atoms with Gasteiger partial charge in [0.1, 0.15) is 28.6 Å². The van der Waals surface area contributed by atoms with Crippen LogP contribution in [0.25, 0.3) is 0 Å². The molecule has 2 aliphatic heterocycles. The minimum atomic E-state index is -1.43. The van der Waals surface area contributed by atoms with Crippen LogP contribution >= 0.6 is 0 Å². The molecule has 0 amide bonds. The molecule has 3 aromatic rings. The van der Waals surface area contributed by atoms with E-state index in [2.05, 4.69) is 0 Å². The van der Waals surface area contributed by atoms with Gasteiger partial charge >= 0.3 is 17.9 Å². The average molecular weight is 458 g/mol. The van der Waals surface area contributed by atoms with E-state index in [1.54, 1.807) is 42.5 Å². The van der Waals surface area contributed by atoms with Gasteiger partial charge in [-0.05, 0) is 37.3 Å². The molecule has 170 valence electrons. The van der Waals surface area contributed by atoms with Crippen molar-refractivity contribution < 1.29 is 38.1 Å². The third-order valence-electron chi connectivity index (χ3n) is 5.68. The van der Waals surface area contributed by atoms with Crippen LogP contribution in [-0.2, 0) is 19.9 Å². The lowest BCUT2D eigenvalue weighted by Gasteiger charge is -2.37. The second kappa shape index (κ2) is 7.55. The van der Waals surface area contributed by atoms with Crippen molar-refractivity contribution >= 4 is 23.7 Å². The number of ether oxygens (including phenoxy) is 4. The zero-order valence-corrected chi connectivity index (χ0v) is 18.5. The summed E-state index contributed by atoms with van der Waals surface area (Å²) in [5, 5.41) is 0. The zero-order valence-electron chi connectivity index (χ0n) is 18.5. The molecule has 1 spiro atoms. The fraction of sp³-hybridized carbons (Fsp3) is 0.154. The van der Waals surface area contributed by atoms with Gasteiger partial charge in [0.2, 0.25) is 0 Å². The number of fused-ring (bicyclic) bond motifs is 6. The molecule has 0 radical (unpaired) electrons. The lowest BCUT2D eigenvalue weighted by Crippen LogP contribution is -2.33. The molecule has 0 bridgehead atoms. The van der Waals surface area contributed by atoms with Crippen LogP contribution in [0.15, 0.2) is 54.6 Å². The second-order valence-electron chi connectivity index (χ2n) is 7.94. The number of hydrogen-bond acceptors (Lipinski definition) is 8. The molecule has 8 heteroatoms. The van der Waals surface area contributed by atoms with Crippen molar-refractivity contribution in [1.82, 2.24) is 0 Å². The topological polar surface area (TPSA) is 105 Å². The third-order valence-corrected chi connectivity index (χ3v) is 5.68. The highest BCUT2D eigenvalue weighted by Crippen LogP contribution is 2.58. The monoisotopic (exact) mass is 458 g/mol. The fourth-order valence-electron chi connectivity index (χ4n) is 4.50. The molecule has 0 N–H and O–H groups in total. The summed E-state index contributed by atoms with van der Waals surface area (Å²) >= 11 is 0. The molecule has 1 unspecified atom stereocenters. The summed E-state index contributed by atoms with van der Waals surface area (Å²) in [6, 6.07) is 14.7. The lowest BCUT2D eigenvalue weighted by molar-refractivity contribution is -0.132. The molecule has 34 heavy (non-hydrogen) atoms. The van der Waals surface area contributed by atoms with Crippen LogP contribution in [0, 0.1) is 0 Å². The molecule has 8 nitrogen and oxygen atoms in total. The normalized spacial score (nSPS) is 17.1. The molecule has 0 aliphatic carbocycles. The molecule has 5 rings (SSSR count). The fourth-order valence-corrected chi connectivity index (χ4v) is 4.50. The lowest BCUT2D eigenvalue weighted by atomic mass is 9.76. The molecule has 2 aliphatic rings. The predicted molar refractivity (Wildman–Crippen MR) is 117 cm³/mol. The van der Waals surface area contributed by atoms with Crippen LogP contribution in [0.2, 0.25) is 0 Å². The second-order valence-corrected chi connectivity index (χ2v) is 7.94. The number of ketones is 1. The molecule has 0 saturated heterocycles. The summed E-state index contributed by atoms with van der Waals surface area (Å²) in [4.78, 5) is 48.8. The van der Waals surface area contributed by atoms with Crippen molar-refractivity contribution in [2.45, 2.75) is 26.4 Å². The van der Waals surface area contributed by atoms with E-state index in [0.29, 0.717) is 22.3 Å². The van der Waals surface area contributed by atoms with Gasteiger partial charge in [-0.1, -0.05) is 18.2 Å². The summed E-state index contributed by atoms with van der Waals surface area (Å²) in [6.07, 6.45) is 0. The summed E-state index contributed by atoms with van der Waals surface area (Å²) in [5.74, 6) is -1.55. The van der Waals surface area contributed by atoms with Crippen molar-refractivity contribution in [3.05, 3.63) is 82.4 Å². The first kappa shape index (κ1) is 21.4. The molecule has 0 fully saturated rings. The number of rotatable bonds is 3. The zero-order chi connectivity index (χ0) is 24.2. The predicted octanol–water partition coefficient (Wildman–Crippen LogP) is 4.31. The van der Waals surface area contributed by atoms with Crippen LogP contribution in [-0.4, -0.2) is 23.7 Å². The maximum Gasteiger partial charge on any atom is 0.340 e. The molecule has 0 saturated carbocycles. The van der Waals surface area contributed by atoms with Gasteiger partial charge in [0.25, 0.3) is 0 Å². The number of Topliss-reactive ketones (excluding diaryl/α,β-unsaturated/α-hetero) is 1.